The topological polar surface area (TPSA) is 79.3 Å². The van der Waals surface area contributed by atoms with Gasteiger partial charge < -0.3 is 10.5 Å². The Balaban J connectivity index is 2.83. The summed E-state index contributed by atoms with van der Waals surface area (Å²) in [5.41, 5.74) is 4.76. The molecule has 1 rings (SSSR count). The van der Waals surface area contributed by atoms with E-state index in [1.165, 1.54) is 0 Å². The highest BCUT2D eigenvalue weighted by Gasteiger charge is 2.27. The third-order valence-electron chi connectivity index (χ3n) is 2.71. The first-order valence-electron chi connectivity index (χ1n) is 5.23. The van der Waals surface area contributed by atoms with Crippen molar-refractivity contribution in [1.82, 2.24) is 4.90 Å². The second kappa shape index (κ2) is 5.10. The third kappa shape index (κ3) is 3.05. The molecule has 0 atom stereocenters. The van der Waals surface area contributed by atoms with Crippen LogP contribution in [0.3, 0.4) is 0 Å². The van der Waals surface area contributed by atoms with Crippen LogP contribution in [0.2, 0.25) is 0 Å². The van der Waals surface area contributed by atoms with E-state index in [1.54, 1.807) is 6.08 Å². The average Bonchev–Trinajstić information content (AvgIpc) is 2.27. The number of hydrogen-bond acceptors (Lipinski definition) is 4. The van der Waals surface area contributed by atoms with Crippen molar-refractivity contribution < 1.29 is 9.53 Å². The summed E-state index contributed by atoms with van der Waals surface area (Å²) < 4.78 is 5.25. The molecule has 1 amide bonds. The number of nitriles is 1. The van der Waals surface area contributed by atoms with Gasteiger partial charge >= 0.3 is 0 Å². The van der Waals surface area contributed by atoms with Crippen LogP contribution in [0.4, 0.5) is 0 Å². The quantitative estimate of drug-likeness (QED) is 0.541. The first-order chi connectivity index (χ1) is 7.47. The monoisotopic (exact) mass is 223 g/mol. The maximum atomic E-state index is 11.0. The molecule has 0 aromatic carbocycles. The van der Waals surface area contributed by atoms with Gasteiger partial charge in [0.1, 0.15) is 11.6 Å². The number of hydrogen-bond donors (Lipinski definition) is 1. The van der Waals surface area contributed by atoms with Gasteiger partial charge in [-0.1, -0.05) is 0 Å². The van der Waals surface area contributed by atoms with Crippen LogP contribution in [0.5, 0.6) is 0 Å². The van der Waals surface area contributed by atoms with E-state index in [4.69, 9.17) is 15.7 Å². The number of nitrogens with two attached hydrogens (primary N) is 1. The lowest BCUT2D eigenvalue weighted by atomic mass is 9.98. The van der Waals surface area contributed by atoms with E-state index in [-0.39, 0.29) is 11.1 Å². The van der Waals surface area contributed by atoms with E-state index in [1.807, 2.05) is 19.9 Å². The molecule has 88 valence electrons. The third-order valence-corrected chi connectivity index (χ3v) is 2.71. The molecule has 16 heavy (non-hydrogen) atoms. The SMILES string of the molecule is CC(C)(/C=C(\C#N)C(N)=O)N1CCOCC1. The van der Waals surface area contributed by atoms with Gasteiger partial charge in [-0.05, 0) is 19.9 Å². The minimum Gasteiger partial charge on any atom is -0.379 e. The number of amides is 1. The maximum Gasteiger partial charge on any atom is 0.259 e. The summed E-state index contributed by atoms with van der Waals surface area (Å²) in [4.78, 5) is 13.1. The summed E-state index contributed by atoms with van der Waals surface area (Å²) in [6, 6.07) is 1.83. The van der Waals surface area contributed by atoms with Crippen molar-refractivity contribution in [2.45, 2.75) is 19.4 Å². The predicted molar refractivity (Wildman–Crippen MR) is 59.4 cm³/mol. The fraction of sp³-hybridized carbons (Fsp3) is 0.636. The average molecular weight is 223 g/mol. The second-order valence-corrected chi connectivity index (χ2v) is 4.29. The van der Waals surface area contributed by atoms with Crippen molar-refractivity contribution in [3.05, 3.63) is 11.6 Å². The zero-order valence-electron chi connectivity index (χ0n) is 9.69. The Labute approximate surface area is 95.5 Å². The van der Waals surface area contributed by atoms with Gasteiger partial charge in [-0.15, -0.1) is 0 Å². The van der Waals surface area contributed by atoms with E-state index in [0.717, 1.165) is 13.1 Å². The van der Waals surface area contributed by atoms with Gasteiger partial charge in [0.2, 0.25) is 0 Å². The Morgan fingerprint density at radius 2 is 2.06 bits per heavy atom. The number of rotatable bonds is 3. The molecule has 0 spiro atoms. The molecule has 1 fully saturated rings. The van der Waals surface area contributed by atoms with Crippen molar-refractivity contribution in [2.24, 2.45) is 5.73 Å². The highest BCUT2D eigenvalue weighted by atomic mass is 16.5. The summed E-state index contributed by atoms with van der Waals surface area (Å²) in [6.45, 7) is 6.85. The molecular weight excluding hydrogens is 206 g/mol. The minimum atomic E-state index is -0.677. The molecule has 0 aliphatic carbocycles. The molecule has 1 saturated heterocycles. The molecular formula is C11H17N3O2. The van der Waals surface area contributed by atoms with Gasteiger partial charge in [-0.25, -0.2) is 0 Å². The van der Waals surface area contributed by atoms with Crippen molar-refractivity contribution in [3.63, 3.8) is 0 Å². The molecule has 5 nitrogen and oxygen atoms in total. The zero-order chi connectivity index (χ0) is 12.2. The van der Waals surface area contributed by atoms with E-state index < -0.39 is 5.91 Å². The van der Waals surface area contributed by atoms with E-state index in [9.17, 15) is 4.79 Å². The van der Waals surface area contributed by atoms with E-state index >= 15 is 0 Å². The smallest absolute Gasteiger partial charge is 0.259 e. The largest absolute Gasteiger partial charge is 0.379 e. The normalized spacial score (nSPS) is 19.2. The highest BCUT2D eigenvalue weighted by molar-refractivity contribution is 5.96. The molecule has 0 aromatic rings. The Bertz CT molecular complexity index is 336. The Hall–Kier alpha value is -1.38. The van der Waals surface area contributed by atoms with Crippen LogP contribution in [-0.2, 0) is 9.53 Å². The van der Waals surface area contributed by atoms with E-state index in [0.29, 0.717) is 13.2 Å². The van der Waals surface area contributed by atoms with Crippen LogP contribution in [0.15, 0.2) is 11.6 Å². The number of carbonyl (C=O) groups is 1. The van der Waals surface area contributed by atoms with Crippen LogP contribution in [0, 0.1) is 11.3 Å². The molecule has 1 heterocycles. The minimum absolute atomic E-state index is 0.0106. The molecule has 2 N–H and O–H groups in total. The lowest BCUT2D eigenvalue weighted by Crippen LogP contribution is -2.49. The second-order valence-electron chi connectivity index (χ2n) is 4.29. The number of ether oxygens (including phenoxy) is 1. The molecule has 1 aliphatic heterocycles. The van der Waals surface area contributed by atoms with Crippen LogP contribution in [-0.4, -0.2) is 42.6 Å². The number of primary amides is 1. The van der Waals surface area contributed by atoms with Gasteiger partial charge in [0, 0.05) is 18.6 Å². The van der Waals surface area contributed by atoms with Crippen molar-refractivity contribution in [2.75, 3.05) is 26.3 Å². The summed E-state index contributed by atoms with van der Waals surface area (Å²) in [5.74, 6) is -0.677. The molecule has 0 bridgehead atoms. The van der Waals surface area contributed by atoms with Gasteiger partial charge in [0.25, 0.3) is 5.91 Å². The number of nitrogens with zero attached hydrogens (tertiary/aromatic N) is 2. The van der Waals surface area contributed by atoms with Crippen LogP contribution in [0.25, 0.3) is 0 Å². The Morgan fingerprint density at radius 1 is 1.50 bits per heavy atom. The molecule has 0 radical (unpaired) electrons. The fourth-order valence-electron chi connectivity index (χ4n) is 1.74. The van der Waals surface area contributed by atoms with Gasteiger partial charge in [-0.3, -0.25) is 9.69 Å². The fourth-order valence-corrected chi connectivity index (χ4v) is 1.74. The van der Waals surface area contributed by atoms with Gasteiger partial charge in [0.15, 0.2) is 0 Å². The lowest BCUT2D eigenvalue weighted by Gasteiger charge is -2.38. The van der Waals surface area contributed by atoms with Crippen molar-refractivity contribution in [1.29, 1.82) is 5.26 Å². The Kier molecular flexibility index (Phi) is 4.05. The first kappa shape index (κ1) is 12.7. The highest BCUT2D eigenvalue weighted by Crippen LogP contribution is 2.19. The van der Waals surface area contributed by atoms with Gasteiger partial charge in [-0.2, -0.15) is 5.26 Å². The maximum absolute atomic E-state index is 11.0. The Morgan fingerprint density at radius 3 is 2.50 bits per heavy atom. The standard InChI is InChI=1S/C11H17N3O2/c1-11(2,7-9(8-12)10(13)15)14-3-5-16-6-4-14/h7H,3-6H2,1-2H3,(H2,13,15)/b9-7+. The summed E-state index contributed by atoms with van der Waals surface area (Å²) in [5, 5.41) is 8.80. The zero-order valence-corrected chi connectivity index (χ0v) is 9.69. The molecule has 0 aromatic heterocycles. The lowest BCUT2D eigenvalue weighted by molar-refractivity contribution is -0.114. The summed E-state index contributed by atoms with van der Waals surface area (Å²) >= 11 is 0. The van der Waals surface area contributed by atoms with Crippen LogP contribution in [0.1, 0.15) is 13.8 Å². The molecule has 5 heteroatoms. The predicted octanol–water partition coefficient (Wildman–Crippen LogP) is 0.0325. The van der Waals surface area contributed by atoms with Crippen molar-refractivity contribution in [3.8, 4) is 6.07 Å². The van der Waals surface area contributed by atoms with Crippen LogP contribution >= 0.6 is 0 Å². The number of carbonyl (C=O) groups excluding carboxylic acids is 1. The summed E-state index contributed by atoms with van der Waals surface area (Å²) in [7, 11) is 0. The van der Waals surface area contributed by atoms with Crippen molar-refractivity contribution >= 4 is 5.91 Å². The van der Waals surface area contributed by atoms with Crippen LogP contribution < -0.4 is 5.73 Å². The molecule has 1 aliphatic rings. The van der Waals surface area contributed by atoms with E-state index in [2.05, 4.69) is 4.90 Å². The molecule has 0 saturated carbocycles. The molecule has 0 unspecified atom stereocenters. The number of morpholine rings is 1. The summed E-state index contributed by atoms with van der Waals surface area (Å²) in [6.07, 6.45) is 1.63. The first-order valence-corrected chi connectivity index (χ1v) is 5.23. The van der Waals surface area contributed by atoms with Gasteiger partial charge in [0.05, 0.1) is 13.2 Å².